The molecule has 0 bridgehead atoms. The molecule has 0 aromatic carbocycles. The van der Waals surface area contributed by atoms with Gasteiger partial charge >= 0.3 is 0 Å². The van der Waals surface area contributed by atoms with E-state index in [1.54, 1.807) is 7.05 Å². The monoisotopic (exact) mass is 215 g/mol. The van der Waals surface area contributed by atoms with Crippen molar-refractivity contribution in [3.63, 3.8) is 0 Å². The van der Waals surface area contributed by atoms with Crippen LogP contribution in [0.1, 0.15) is 27.2 Å². The fourth-order valence-corrected chi connectivity index (χ4v) is 1.67. The first-order chi connectivity index (χ1) is 6.76. The van der Waals surface area contributed by atoms with E-state index in [-0.39, 0.29) is 17.4 Å². The summed E-state index contributed by atoms with van der Waals surface area (Å²) in [5.41, 5.74) is 5.53. The van der Waals surface area contributed by atoms with Crippen molar-refractivity contribution in [3.8, 4) is 0 Å². The summed E-state index contributed by atoms with van der Waals surface area (Å²) >= 11 is 0. The predicted octanol–water partition coefficient (Wildman–Crippen LogP) is 0.428. The minimum absolute atomic E-state index is 0.215. The summed E-state index contributed by atoms with van der Waals surface area (Å²) in [5.74, 6) is -0.276. The molecular formula is C11H25N3O. The Kier molecular flexibility index (Phi) is 5.83. The fraction of sp³-hybridized carbons (Fsp3) is 0.909. The van der Waals surface area contributed by atoms with Crippen molar-refractivity contribution < 1.29 is 4.79 Å². The molecule has 0 fully saturated rings. The minimum Gasteiger partial charge on any atom is -0.368 e. The van der Waals surface area contributed by atoms with Crippen LogP contribution in [0, 0.1) is 5.41 Å². The summed E-state index contributed by atoms with van der Waals surface area (Å²) in [6.07, 6.45) is 0.762. The number of nitrogens with zero attached hydrogens (tertiary/aromatic N) is 1. The molecule has 0 aliphatic carbocycles. The maximum atomic E-state index is 11.0. The van der Waals surface area contributed by atoms with Gasteiger partial charge in [0.15, 0.2) is 0 Å². The largest absolute Gasteiger partial charge is 0.368 e. The van der Waals surface area contributed by atoms with E-state index in [0.717, 1.165) is 19.5 Å². The first-order valence-electron chi connectivity index (χ1n) is 5.41. The normalized spacial score (nSPS) is 14.3. The Morgan fingerprint density at radius 2 is 2.00 bits per heavy atom. The maximum absolute atomic E-state index is 11.0. The standard InChI is InChI=1S/C11H25N3O/c1-11(2,3)8-14(5)7-6-9(13-4)10(12)15/h9,13H,6-8H2,1-5H3,(H2,12,15). The number of carbonyl (C=O) groups is 1. The quantitative estimate of drug-likeness (QED) is 0.675. The van der Waals surface area contributed by atoms with Crippen LogP contribution in [0.5, 0.6) is 0 Å². The van der Waals surface area contributed by atoms with Gasteiger partial charge in [-0.1, -0.05) is 20.8 Å². The van der Waals surface area contributed by atoms with Crippen LogP contribution in [0.2, 0.25) is 0 Å². The van der Waals surface area contributed by atoms with E-state index in [9.17, 15) is 4.79 Å². The van der Waals surface area contributed by atoms with Gasteiger partial charge in [-0.15, -0.1) is 0 Å². The number of likely N-dealkylation sites (N-methyl/N-ethyl adjacent to an activating group) is 1. The molecule has 4 heteroatoms. The molecule has 4 nitrogen and oxygen atoms in total. The van der Waals surface area contributed by atoms with E-state index in [1.807, 2.05) is 0 Å². The van der Waals surface area contributed by atoms with Gasteiger partial charge in [-0.25, -0.2) is 0 Å². The SMILES string of the molecule is CNC(CCN(C)CC(C)(C)C)C(N)=O. The Hall–Kier alpha value is -0.610. The molecule has 0 saturated carbocycles. The maximum Gasteiger partial charge on any atom is 0.234 e. The highest BCUT2D eigenvalue weighted by Crippen LogP contribution is 2.14. The zero-order chi connectivity index (χ0) is 12.1. The molecule has 0 aliphatic heterocycles. The van der Waals surface area contributed by atoms with E-state index >= 15 is 0 Å². The number of nitrogens with one attached hydrogen (secondary N) is 1. The van der Waals surface area contributed by atoms with E-state index in [4.69, 9.17) is 5.73 Å². The summed E-state index contributed by atoms with van der Waals surface area (Å²) in [4.78, 5) is 13.2. The molecule has 3 N–H and O–H groups in total. The van der Waals surface area contributed by atoms with Crippen molar-refractivity contribution >= 4 is 5.91 Å². The van der Waals surface area contributed by atoms with Crippen molar-refractivity contribution in [2.45, 2.75) is 33.2 Å². The molecule has 0 aromatic rings. The Bertz CT molecular complexity index is 198. The number of rotatable bonds is 6. The zero-order valence-electron chi connectivity index (χ0n) is 10.6. The van der Waals surface area contributed by atoms with E-state index in [2.05, 4.69) is 38.0 Å². The van der Waals surface area contributed by atoms with Gasteiger partial charge in [-0.05, 0) is 32.5 Å². The topological polar surface area (TPSA) is 58.4 Å². The molecule has 90 valence electrons. The Labute approximate surface area is 93.2 Å². The second kappa shape index (κ2) is 6.08. The van der Waals surface area contributed by atoms with Crippen LogP contribution in [-0.4, -0.2) is 44.0 Å². The predicted molar refractivity (Wildman–Crippen MR) is 63.6 cm³/mol. The van der Waals surface area contributed by atoms with Crippen LogP contribution in [0.3, 0.4) is 0 Å². The molecule has 0 saturated heterocycles. The highest BCUT2D eigenvalue weighted by Gasteiger charge is 2.16. The Balaban J connectivity index is 3.88. The lowest BCUT2D eigenvalue weighted by Crippen LogP contribution is -2.42. The average molecular weight is 215 g/mol. The first-order valence-corrected chi connectivity index (χ1v) is 5.41. The molecule has 1 amide bonds. The fourth-order valence-electron chi connectivity index (χ4n) is 1.67. The van der Waals surface area contributed by atoms with Gasteiger partial charge in [0.2, 0.25) is 5.91 Å². The number of hydrogen-bond donors (Lipinski definition) is 2. The van der Waals surface area contributed by atoms with Crippen molar-refractivity contribution in [2.75, 3.05) is 27.2 Å². The van der Waals surface area contributed by atoms with Gasteiger partial charge in [-0.2, -0.15) is 0 Å². The highest BCUT2D eigenvalue weighted by atomic mass is 16.1. The van der Waals surface area contributed by atoms with E-state index in [1.165, 1.54) is 0 Å². The molecule has 1 atom stereocenters. The van der Waals surface area contributed by atoms with Gasteiger partial charge in [0.25, 0.3) is 0 Å². The lowest BCUT2D eigenvalue weighted by molar-refractivity contribution is -0.120. The minimum atomic E-state index is -0.276. The molecule has 0 heterocycles. The lowest BCUT2D eigenvalue weighted by atomic mass is 9.96. The molecule has 0 spiro atoms. The lowest BCUT2D eigenvalue weighted by Gasteiger charge is -2.27. The number of primary amides is 1. The molecule has 0 radical (unpaired) electrons. The number of amides is 1. The summed E-state index contributed by atoms with van der Waals surface area (Å²) in [7, 11) is 3.83. The average Bonchev–Trinajstić information content (AvgIpc) is 2.01. The smallest absolute Gasteiger partial charge is 0.234 e. The number of carbonyl (C=O) groups excluding carboxylic acids is 1. The summed E-state index contributed by atoms with van der Waals surface area (Å²) in [5, 5.41) is 2.92. The zero-order valence-corrected chi connectivity index (χ0v) is 10.6. The van der Waals surface area contributed by atoms with Gasteiger partial charge in [0.05, 0.1) is 6.04 Å². The van der Waals surface area contributed by atoms with E-state index < -0.39 is 0 Å². The van der Waals surface area contributed by atoms with Crippen LogP contribution in [0.25, 0.3) is 0 Å². The van der Waals surface area contributed by atoms with E-state index in [0.29, 0.717) is 0 Å². The van der Waals surface area contributed by atoms with Gasteiger partial charge < -0.3 is 16.0 Å². The number of nitrogens with two attached hydrogens (primary N) is 1. The second-order valence-corrected chi connectivity index (χ2v) is 5.33. The van der Waals surface area contributed by atoms with Crippen molar-refractivity contribution in [1.29, 1.82) is 0 Å². The molecule has 1 unspecified atom stereocenters. The van der Waals surface area contributed by atoms with Crippen LogP contribution in [0.4, 0.5) is 0 Å². The van der Waals surface area contributed by atoms with Crippen molar-refractivity contribution in [2.24, 2.45) is 11.1 Å². The van der Waals surface area contributed by atoms with Crippen LogP contribution < -0.4 is 11.1 Å². The second-order valence-electron chi connectivity index (χ2n) is 5.33. The Morgan fingerprint density at radius 3 is 2.33 bits per heavy atom. The third-order valence-corrected chi connectivity index (χ3v) is 2.24. The molecule has 0 rings (SSSR count). The highest BCUT2D eigenvalue weighted by molar-refractivity contribution is 5.79. The Morgan fingerprint density at radius 1 is 1.47 bits per heavy atom. The summed E-state index contributed by atoms with van der Waals surface area (Å²) in [6, 6.07) is -0.215. The van der Waals surface area contributed by atoms with Gasteiger partial charge in [0.1, 0.15) is 0 Å². The van der Waals surface area contributed by atoms with Crippen molar-refractivity contribution in [1.82, 2.24) is 10.2 Å². The molecule has 15 heavy (non-hydrogen) atoms. The van der Waals surface area contributed by atoms with Crippen LogP contribution in [-0.2, 0) is 4.79 Å². The molecule has 0 aromatic heterocycles. The molecule has 0 aliphatic rings. The molecular weight excluding hydrogens is 190 g/mol. The summed E-state index contributed by atoms with van der Waals surface area (Å²) < 4.78 is 0. The van der Waals surface area contributed by atoms with Crippen molar-refractivity contribution in [3.05, 3.63) is 0 Å². The van der Waals surface area contributed by atoms with Crippen LogP contribution >= 0.6 is 0 Å². The third-order valence-electron chi connectivity index (χ3n) is 2.24. The third kappa shape index (κ3) is 7.33. The first kappa shape index (κ1) is 14.4. The summed E-state index contributed by atoms with van der Waals surface area (Å²) in [6.45, 7) is 8.50. The van der Waals surface area contributed by atoms with Gasteiger partial charge in [-0.3, -0.25) is 4.79 Å². The number of hydrogen-bond acceptors (Lipinski definition) is 3. The van der Waals surface area contributed by atoms with Crippen LogP contribution in [0.15, 0.2) is 0 Å². The van der Waals surface area contributed by atoms with Gasteiger partial charge in [0, 0.05) is 6.54 Å².